The molecule has 2 rings (SSSR count). The molecule has 0 aromatic carbocycles. The Bertz CT molecular complexity index is 511. The molecule has 8 heteroatoms. The number of hydrogen-bond acceptors (Lipinski definition) is 3. The van der Waals surface area contributed by atoms with Crippen molar-refractivity contribution in [2.24, 2.45) is 11.0 Å². The summed E-state index contributed by atoms with van der Waals surface area (Å²) in [6, 6.07) is -0.391. The van der Waals surface area contributed by atoms with Gasteiger partial charge in [-0.15, -0.1) is 0 Å². The lowest BCUT2D eigenvalue weighted by Gasteiger charge is -2.32. The van der Waals surface area contributed by atoms with E-state index < -0.39 is 24.7 Å². The highest BCUT2D eigenvalue weighted by molar-refractivity contribution is 6.39. The molecule has 0 aromatic rings. The SMILES string of the molecule is CC(C)CN1N=C(C(=O)N(CC(F)(F)F)C2CCCC2)CCC1=O. The van der Waals surface area contributed by atoms with Crippen molar-refractivity contribution in [3.63, 3.8) is 0 Å². The molecule has 0 radical (unpaired) electrons. The molecule has 1 heterocycles. The first kappa shape index (κ1) is 18.7. The summed E-state index contributed by atoms with van der Waals surface area (Å²) in [5.41, 5.74) is 0.0615. The zero-order valence-electron chi connectivity index (χ0n) is 14.1. The van der Waals surface area contributed by atoms with Crippen molar-refractivity contribution in [2.45, 2.75) is 64.6 Å². The molecule has 0 atom stereocenters. The molecule has 1 fully saturated rings. The highest BCUT2D eigenvalue weighted by atomic mass is 19.4. The van der Waals surface area contributed by atoms with Gasteiger partial charge in [-0.3, -0.25) is 9.59 Å². The summed E-state index contributed by atoms with van der Waals surface area (Å²) in [5, 5.41) is 5.29. The van der Waals surface area contributed by atoms with E-state index in [1.54, 1.807) is 0 Å². The predicted molar refractivity (Wildman–Crippen MR) is 83.2 cm³/mol. The second-order valence-corrected chi connectivity index (χ2v) is 6.90. The van der Waals surface area contributed by atoms with Crippen LogP contribution in [0.15, 0.2) is 5.10 Å². The van der Waals surface area contributed by atoms with E-state index in [4.69, 9.17) is 0 Å². The van der Waals surface area contributed by atoms with Crippen LogP contribution in [-0.4, -0.2) is 52.7 Å². The van der Waals surface area contributed by atoms with Gasteiger partial charge < -0.3 is 4.90 Å². The first-order valence-corrected chi connectivity index (χ1v) is 8.43. The molecule has 2 amide bonds. The summed E-state index contributed by atoms with van der Waals surface area (Å²) in [4.78, 5) is 25.4. The van der Waals surface area contributed by atoms with Gasteiger partial charge in [-0.2, -0.15) is 18.3 Å². The van der Waals surface area contributed by atoms with E-state index in [0.717, 1.165) is 17.7 Å². The van der Waals surface area contributed by atoms with E-state index in [9.17, 15) is 22.8 Å². The second-order valence-electron chi connectivity index (χ2n) is 6.90. The predicted octanol–water partition coefficient (Wildman–Crippen LogP) is 2.95. The average molecular weight is 347 g/mol. The lowest BCUT2D eigenvalue weighted by Crippen LogP contribution is -2.49. The minimum Gasteiger partial charge on any atom is -0.325 e. The molecule has 0 unspecified atom stereocenters. The van der Waals surface area contributed by atoms with E-state index in [1.165, 1.54) is 5.01 Å². The lowest BCUT2D eigenvalue weighted by atomic mass is 10.1. The molecule has 1 aliphatic heterocycles. The number of carbonyl (C=O) groups excluding carboxylic acids is 2. The van der Waals surface area contributed by atoms with E-state index in [2.05, 4.69) is 5.10 Å². The van der Waals surface area contributed by atoms with Crippen LogP contribution < -0.4 is 0 Å². The van der Waals surface area contributed by atoms with Gasteiger partial charge in [0.15, 0.2) is 0 Å². The third kappa shape index (κ3) is 4.95. The number of nitrogens with zero attached hydrogens (tertiary/aromatic N) is 3. The summed E-state index contributed by atoms with van der Waals surface area (Å²) in [6.07, 6.45) is -1.39. The molecule has 136 valence electrons. The van der Waals surface area contributed by atoms with Crippen molar-refractivity contribution in [1.29, 1.82) is 0 Å². The Balaban J connectivity index is 2.19. The minimum atomic E-state index is -4.44. The minimum absolute atomic E-state index is 0.0615. The first-order valence-electron chi connectivity index (χ1n) is 8.43. The summed E-state index contributed by atoms with van der Waals surface area (Å²) < 4.78 is 38.7. The topological polar surface area (TPSA) is 53.0 Å². The number of halogens is 3. The number of hydrazone groups is 1. The second kappa shape index (κ2) is 7.53. The van der Waals surface area contributed by atoms with Gasteiger partial charge in [0.05, 0.1) is 0 Å². The van der Waals surface area contributed by atoms with Gasteiger partial charge >= 0.3 is 6.18 Å². The van der Waals surface area contributed by atoms with Crippen LogP contribution in [0.4, 0.5) is 13.2 Å². The van der Waals surface area contributed by atoms with Crippen molar-refractivity contribution in [1.82, 2.24) is 9.91 Å². The summed E-state index contributed by atoms with van der Waals surface area (Å²) in [6.45, 7) is 2.92. The van der Waals surface area contributed by atoms with Crippen LogP contribution >= 0.6 is 0 Å². The molecule has 0 saturated heterocycles. The van der Waals surface area contributed by atoms with Crippen LogP contribution in [0.1, 0.15) is 52.4 Å². The van der Waals surface area contributed by atoms with Crippen LogP contribution in [0, 0.1) is 5.92 Å². The Morgan fingerprint density at radius 3 is 2.46 bits per heavy atom. The van der Waals surface area contributed by atoms with E-state index in [-0.39, 0.29) is 30.4 Å². The van der Waals surface area contributed by atoms with Crippen LogP contribution in [0.25, 0.3) is 0 Å². The largest absolute Gasteiger partial charge is 0.406 e. The number of hydrogen-bond donors (Lipinski definition) is 0. The van der Waals surface area contributed by atoms with Crippen LogP contribution in [-0.2, 0) is 9.59 Å². The Morgan fingerprint density at radius 1 is 1.29 bits per heavy atom. The van der Waals surface area contributed by atoms with Crippen molar-refractivity contribution in [3.05, 3.63) is 0 Å². The van der Waals surface area contributed by atoms with Gasteiger partial charge in [0.1, 0.15) is 12.3 Å². The Kier molecular flexibility index (Phi) is 5.87. The maximum absolute atomic E-state index is 12.9. The fourth-order valence-corrected chi connectivity index (χ4v) is 3.19. The molecule has 1 saturated carbocycles. The normalized spacial score (nSPS) is 19.8. The van der Waals surface area contributed by atoms with E-state index >= 15 is 0 Å². The molecule has 5 nitrogen and oxygen atoms in total. The number of amides is 2. The van der Waals surface area contributed by atoms with Crippen LogP contribution in [0.3, 0.4) is 0 Å². The lowest BCUT2D eigenvalue weighted by molar-refractivity contribution is -0.161. The van der Waals surface area contributed by atoms with Crippen molar-refractivity contribution in [3.8, 4) is 0 Å². The highest BCUT2D eigenvalue weighted by Crippen LogP contribution is 2.28. The molecule has 24 heavy (non-hydrogen) atoms. The van der Waals surface area contributed by atoms with Gasteiger partial charge in [0.25, 0.3) is 5.91 Å². The standard InChI is InChI=1S/C16H24F3N3O2/c1-11(2)9-22-14(23)8-7-13(20-22)15(24)21(10-16(17,18)19)12-5-3-4-6-12/h11-12H,3-10H2,1-2H3. The zero-order chi connectivity index (χ0) is 17.9. The summed E-state index contributed by atoms with van der Waals surface area (Å²) in [5.74, 6) is -0.711. The molecule has 0 spiro atoms. The highest BCUT2D eigenvalue weighted by Gasteiger charge is 2.39. The molecular formula is C16H24F3N3O2. The number of rotatable bonds is 5. The quantitative estimate of drug-likeness (QED) is 0.768. The van der Waals surface area contributed by atoms with Gasteiger partial charge in [0.2, 0.25) is 5.91 Å². The Hall–Kier alpha value is -1.60. The Morgan fingerprint density at radius 2 is 1.92 bits per heavy atom. The van der Waals surface area contributed by atoms with Gasteiger partial charge in [-0.05, 0) is 18.8 Å². The summed E-state index contributed by atoms with van der Waals surface area (Å²) in [7, 11) is 0. The van der Waals surface area contributed by atoms with Crippen molar-refractivity contribution >= 4 is 17.5 Å². The molecule has 0 N–H and O–H groups in total. The van der Waals surface area contributed by atoms with Crippen LogP contribution in [0.2, 0.25) is 0 Å². The molecule has 2 aliphatic rings. The molecular weight excluding hydrogens is 323 g/mol. The van der Waals surface area contributed by atoms with Gasteiger partial charge in [0, 0.05) is 25.4 Å². The Labute approximate surface area is 139 Å². The fraction of sp³-hybridized carbons (Fsp3) is 0.812. The van der Waals surface area contributed by atoms with Gasteiger partial charge in [-0.25, -0.2) is 5.01 Å². The maximum Gasteiger partial charge on any atom is 0.406 e. The first-order chi connectivity index (χ1) is 11.2. The van der Waals surface area contributed by atoms with Crippen molar-refractivity contribution in [2.75, 3.05) is 13.1 Å². The number of alkyl halides is 3. The fourth-order valence-electron chi connectivity index (χ4n) is 3.19. The molecule has 0 bridgehead atoms. The van der Waals surface area contributed by atoms with E-state index in [0.29, 0.717) is 19.4 Å². The zero-order valence-corrected chi connectivity index (χ0v) is 14.1. The third-order valence-corrected chi connectivity index (χ3v) is 4.27. The molecule has 0 aromatic heterocycles. The van der Waals surface area contributed by atoms with E-state index in [1.807, 2.05) is 13.8 Å². The monoisotopic (exact) mass is 347 g/mol. The third-order valence-electron chi connectivity index (χ3n) is 4.27. The smallest absolute Gasteiger partial charge is 0.325 e. The summed E-state index contributed by atoms with van der Waals surface area (Å²) >= 11 is 0. The van der Waals surface area contributed by atoms with Crippen molar-refractivity contribution < 1.29 is 22.8 Å². The maximum atomic E-state index is 12.9. The molecule has 1 aliphatic carbocycles. The average Bonchev–Trinajstić information content (AvgIpc) is 2.99. The number of carbonyl (C=O) groups is 2. The van der Waals surface area contributed by atoms with Crippen LogP contribution in [0.5, 0.6) is 0 Å². The van der Waals surface area contributed by atoms with Gasteiger partial charge in [-0.1, -0.05) is 26.7 Å².